The number of anilines is 1. The van der Waals surface area contributed by atoms with Gasteiger partial charge in [0, 0.05) is 10.0 Å². The predicted molar refractivity (Wildman–Crippen MR) is 128 cm³/mol. The summed E-state index contributed by atoms with van der Waals surface area (Å²) in [4.78, 5) is 20.4. The van der Waals surface area contributed by atoms with Crippen LogP contribution in [0.1, 0.15) is 12.5 Å². The van der Waals surface area contributed by atoms with Gasteiger partial charge in [0.25, 0.3) is 5.91 Å². The van der Waals surface area contributed by atoms with Crippen molar-refractivity contribution in [2.45, 2.75) is 6.92 Å². The highest BCUT2D eigenvalue weighted by molar-refractivity contribution is 9.10. The summed E-state index contributed by atoms with van der Waals surface area (Å²) in [5, 5.41) is 0.622. The summed E-state index contributed by atoms with van der Waals surface area (Å²) in [7, 11) is 0. The molecule has 4 nitrogen and oxygen atoms in total. The van der Waals surface area contributed by atoms with E-state index in [9.17, 15) is 4.79 Å². The summed E-state index contributed by atoms with van der Waals surface area (Å²) in [6.07, 6.45) is 1.87. The van der Waals surface area contributed by atoms with Gasteiger partial charge in [-0.3, -0.25) is 9.69 Å². The topological polar surface area (TPSA) is 41.9 Å². The quantitative estimate of drug-likeness (QED) is 0.385. The molecule has 3 aromatic carbocycles. The average molecular weight is 479 g/mol. The molecule has 0 N–H and O–H groups in total. The molecule has 0 radical (unpaired) electrons. The third-order valence-corrected chi connectivity index (χ3v) is 5.82. The Morgan fingerprint density at radius 2 is 1.73 bits per heavy atom. The fourth-order valence-corrected chi connectivity index (χ4v) is 4.40. The molecule has 1 fully saturated rings. The Morgan fingerprint density at radius 3 is 2.43 bits per heavy atom. The number of para-hydroxylation sites is 2. The number of halogens is 1. The second-order valence-electron chi connectivity index (χ2n) is 6.43. The van der Waals surface area contributed by atoms with Crippen LogP contribution in [0.5, 0.6) is 5.75 Å². The number of ether oxygens (including phenoxy) is 1. The van der Waals surface area contributed by atoms with Crippen molar-refractivity contribution in [3.8, 4) is 5.75 Å². The number of carbonyl (C=O) groups is 1. The minimum absolute atomic E-state index is 0.108. The van der Waals surface area contributed by atoms with Gasteiger partial charge in [0.1, 0.15) is 5.75 Å². The Balaban J connectivity index is 1.78. The van der Waals surface area contributed by atoms with Gasteiger partial charge in [-0.25, -0.2) is 4.99 Å². The van der Waals surface area contributed by atoms with Gasteiger partial charge >= 0.3 is 0 Å². The van der Waals surface area contributed by atoms with E-state index in [4.69, 9.17) is 9.73 Å². The molecule has 4 rings (SSSR count). The van der Waals surface area contributed by atoms with E-state index in [1.807, 2.05) is 91.9 Å². The van der Waals surface area contributed by atoms with E-state index in [1.165, 1.54) is 11.8 Å². The molecule has 1 amide bonds. The number of hydrogen-bond acceptors (Lipinski definition) is 4. The van der Waals surface area contributed by atoms with Gasteiger partial charge in [0.15, 0.2) is 5.17 Å². The molecule has 150 valence electrons. The van der Waals surface area contributed by atoms with E-state index in [2.05, 4.69) is 15.9 Å². The number of benzene rings is 3. The molecule has 1 aliphatic rings. The molecule has 0 aliphatic carbocycles. The molecule has 1 aliphatic heterocycles. The second kappa shape index (κ2) is 9.32. The van der Waals surface area contributed by atoms with Crippen LogP contribution in [0.3, 0.4) is 0 Å². The lowest BCUT2D eigenvalue weighted by molar-refractivity contribution is -0.113. The van der Waals surface area contributed by atoms with Crippen molar-refractivity contribution in [2.24, 2.45) is 4.99 Å². The molecular formula is C24H19BrN2O2S. The van der Waals surface area contributed by atoms with Crippen molar-refractivity contribution in [1.29, 1.82) is 0 Å². The monoisotopic (exact) mass is 478 g/mol. The average Bonchev–Trinajstić information content (AvgIpc) is 3.06. The van der Waals surface area contributed by atoms with E-state index in [0.717, 1.165) is 27.2 Å². The third kappa shape index (κ3) is 4.50. The molecule has 1 heterocycles. The van der Waals surface area contributed by atoms with Crippen molar-refractivity contribution >= 4 is 56.2 Å². The van der Waals surface area contributed by atoms with Crippen molar-refractivity contribution in [2.75, 3.05) is 11.5 Å². The van der Waals surface area contributed by atoms with E-state index >= 15 is 0 Å². The van der Waals surface area contributed by atoms with Gasteiger partial charge < -0.3 is 4.74 Å². The highest BCUT2D eigenvalue weighted by atomic mass is 79.9. The van der Waals surface area contributed by atoms with Crippen LogP contribution in [-0.2, 0) is 4.79 Å². The normalized spacial score (nSPS) is 16.5. The van der Waals surface area contributed by atoms with Gasteiger partial charge in [0.05, 0.1) is 22.9 Å². The van der Waals surface area contributed by atoms with Gasteiger partial charge in [-0.1, -0.05) is 52.3 Å². The minimum atomic E-state index is -0.108. The molecular weight excluding hydrogens is 460 g/mol. The summed E-state index contributed by atoms with van der Waals surface area (Å²) < 4.78 is 6.66. The molecule has 0 atom stereocenters. The number of nitrogens with zero attached hydrogens (tertiary/aromatic N) is 2. The number of thioether (sulfide) groups is 1. The first-order valence-electron chi connectivity index (χ1n) is 9.51. The molecule has 30 heavy (non-hydrogen) atoms. The number of amidine groups is 1. The first-order chi connectivity index (χ1) is 14.7. The summed E-state index contributed by atoms with van der Waals surface area (Å²) in [6, 6.07) is 25.0. The van der Waals surface area contributed by atoms with Gasteiger partial charge in [0.2, 0.25) is 0 Å². The van der Waals surface area contributed by atoms with Crippen molar-refractivity contribution in [3.05, 3.63) is 93.8 Å². The van der Waals surface area contributed by atoms with E-state index < -0.39 is 0 Å². The van der Waals surface area contributed by atoms with Crippen LogP contribution in [-0.4, -0.2) is 17.7 Å². The van der Waals surface area contributed by atoms with Crippen molar-refractivity contribution < 1.29 is 9.53 Å². The maximum absolute atomic E-state index is 13.4. The Hall–Kier alpha value is -2.83. The summed E-state index contributed by atoms with van der Waals surface area (Å²) in [6.45, 7) is 2.49. The molecule has 1 saturated heterocycles. The lowest BCUT2D eigenvalue weighted by Crippen LogP contribution is -2.28. The number of rotatable bonds is 5. The van der Waals surface area contributed by atoms with Crippen LogP contribution >= 0.6 is 27.7 Å². The van der Waals surface area contributed by atoms with Crippen LogP contribution < -0.4 is 9.64 Å². The van der Waals surface area contributed by atoms with Crippen LogP contribution in [0.15, 0.2) is 93.2 Å². The van der Waals surface area contributed by atoms with Crippen LogP contribution in [0, 0.1) is 0 Å². The zero-order valence-corrected chi connectivity index (χ0v) is 18.7. The number of aliphatic imine (C=N–C) groups is 1. The molecule has 3 aromatic rings. The van der Waals surface area contributed by atoms with Crippen LogP contribution in [0.25, 0.3) is 6.08 Å². The first-order valence-corrected chi connectivity index (χ1v) is 11.1. The highest BCUT2D eigenvalue weighted by Gasteiger charge is 2.34. The van der Waals surface area contributed by atoms with Gasteiger partial charge in [-0.05, 0) is 67.2 Å². The lowest BCUT2D eigenvalue weighted by atomic mass is 10.2. The zero-order chi connectivity index (χ0) is 20.9. The smallest absolute Gasteiger partial charge is 0.271 e. The minimum Gasteiger partial charge on any atom is -0.493 e. The highest BCUT2D eigenvalue weighted by Crippen LogP contribution is 2.38. The zero-order valence-electron chi connectivity index (χ0n) is 16.3. The molecule has 0 unspecified atom stereocenters. The lowest BCUT2D eigenvalue weighted by Gasteiger charge is -2.15. The maximum Gasteiger partial charge on any atom is 0.271 e. The first kappa shape index (κ1) is 20.4. The van der Waals surface area contributed by atoms with Crippen LogP contribution in [0.2, 0.25) is 0 Å². The molecule has 6 heteroatoms. The fraction of sp³-hybridized carbons (Fsp3) is 0.0833. The van der Waals surface area contributed by atoms with E-state index in [-0.39, 0.29) is 5.91 Å². The fourth-order valence-electron chi connectivity index (χ4n) is 3.03. The van der Waals surface area contributed by atoms with Gasteiger partial charge in [-0.15, -0.1) is 0 Å². The number of carbonyl (C=O) groups excluding carboxylic acids is 1. The third-order valence-electron chi connectivity index (χ3n) is 4.36. The molecule has 0 bridgehead atoms. The van der Waals surface area contributed by atoms with E-state index in [0.29, 0.717) is 16.7 Å². The summed E-state index contributed by atoms with van der Waals surface area (Å²) in [5.74, 6) is 0.629. The number of amides is 1. The SMILES string of the molecule is CCOc1ccc(Br)cc1/C=C1/SC(=Nc2ccccc2)N(c2ccccc2)C1=O. The maximum atomic E-state index is 13.4. The second-order valence-corrected chi connectivity index (χ2v) is 8.36. The Labute approximate surface area is 188 Å². The molecule has 0 saturated carbocycles. The van der Waals surface area contributed by atoms with Crippen LogP contribution in [0.4, 0.5) is 11.4 Å². The van der Waals surface area contributed by atoms with Crippen molar-refractivity contribution in [3.63, 3.8) is 0 Å². The Morgan fingerprint density at radius 1 is 1.03 bits per heavy atom. The largest absolute Gasteiger partial charge is 0.493 e. The van der Waals surface area contributed by atoms with Gasteiger partial charge in [-0.2, -0.15) is 0 Å². The predicted octanol–water partition coefficient (Wildman–Crippen LogP) is 6.66. The summed E-state index contributed by atoms with van der Waals surface area (Å²) in [5.41, 5.74) is 2.43. The molecule has 0 spiro atoms. The molecule has 0 aromatic heterocycles. The Kier molecular flexibility index (Phi) is 6.35. The number of hydrogen-bond donors (Lipinski definition) is 0. The van der Waals surface area contributed by atoms with E-state index in [1.54, 1.807) is 4.90 Å². The Bertz CT molecular complexity index is 1110. The summed E-state index contributed by atoms with van der Waals surface area (Å²) >= 11 is 4.87. The van der Waals surface area contributed by atoms with Crippen molar-refractivity contribution in [1.82, 2.24) is 0 Å². The standard InChI is InChI=1S/C24H19BrN2O2S/c1-2-29-21-14-13-18(25)15-17(21)16-22-23(28)27(20-11-7-4-8-12-20)24(30-22)26-19-9-5-3-6-10-19/h3-16H,2H2,1H3/b22-16+,26-24?.